The number of thiophene rings is 1. The number of nitrogens with one attached hydrogen (secondary N) is 1. The number of Topliss-reactive ketones (excluding diaryl/α,β-unsaturated/α-hetero) is 1. The van der Waals surface area contributed by atoms with Crippen LogP contribution in [0.3, 0.4) is 0 Å². The molecule has 0 radical (unpaired) electrons. The maximum Gasteiger partial charge on any atom is 0.220 e. The third kappa shape index (κ3) is 3.94. The Kier molecular flexibility index (Phi) is 5.15. The van der Waals surface area contributed by atoms with Gasteiger partial charge in [0.2, 0.25) is 5.91 Å². The van der Waals surface area contributed by atoms with Gasteiger partial charge in [0, 0.05) is 23.3 Å². The minimum Gasteiger partial charge on any atom is -0.486 e. The van der Waals surface area contributed by atoms with E-state index in [1.54, 1.807) is 29.5 Å². The monoisotopic (exact) mass is 345 g/mol. The average Bonchev–Trinajstić information content (AvgIpc) is 3.02. The molecule has 1 aliphatic rings. The summed E-state index contributed by atoms with van der Waals surface area (Å²) in [6.45, 7) is 3.53. The second-order valence-corrected chi connectivity index (χ2v) is 6.59. The van der Waals surface area contributed by atoms with Crippen molar-refractivity contribution in [3.8, 4) is 11.5 Å². The average molecular weight is 345 g/mol. The van der Waals surface area contributed by atoms with E-state index in [1.807, 2.05) is 18.4 Å². The number of hydrogen-bond donors (Lipinski definition) is 1. The van der Waals surface area contributed by atoms with Crippen molar-refractivity contribution < 1.29 is 19.1 Å². The second kappa shape index (κ2) is 7.49. The summed E-state index contributed by atoms with van der Waals surface area (Å²) in [5.41, 5.74) is 1.72. The summed E-state index contributed by atoms with van der Waals surface area (Å²) in [5, 5.41) is 4.86. The number of carbonyl (C=O) groups is 2. The van der Waals surface area contributed by atoms with Gasteiger partial charge in [-0.05, 0) is 42.1 Å². The van der Waals surface area contributed by atoms with Gasteiger partial charge < -0.3 is 14.8 Å². The molecule has 2 heterocycles. The van der Waals surface area contributed by atoms with Crippen molar-refractivity contribution in [3.63, 3.8) is 0 Å². The van der Waals surface area contributed by atoms with Gasteiger partial charge in [-0.15, -0.1) is 11.3 Å². The van der Waals surface area contributed by atoms with Crippen LogP contribution in [0, 0.1) is 6.92 Å². The first-order valence-electron chi connectivity index (χ1n) is 7.86. The zero-order valence-electron chi connectivity index (χ0n) is 13.5. The quantitative estimate of drug-likeness (QED) is 0.817. The molecule has 2 aromatic rings. The highest BCUT2D eigenvalue weighted by Crippen LogP contribution is 2.31. The zero-order valence-corrected chi connectivity index (χ0v) is 14.3. The largest absolute Gasteiger partial charge is 0.486 e. The molecule has 5 nitrogen and oxygen atoms in total. The van der Waals surface area contributed by atoms with E-state index in [2.05, 4.69) is 5.32 Å². The predicted molar refractivity (Wildman–Crippen MR) is 91.9 cm³/mol. The summed E-state index contributed by atoms with van der Waals surface area (Å²) in [7, 11) is 0. The van der Waals surface area contributed by atoms with Gasteiger partial charge in [-0.25, -0.2) is 0 Å². The van der Waals surface area contributed by atoms with Crippen LogP contribution in [-0.2, 0) is 11.3 Å². The summed E-state index contributed by atoms with van der Waals surface area (Å²) in [6.07, 6.45) is 0.354. The van der Waals surface area contributed by atoms with E-state index < -0.39 is 0 Å². The molecule has 0 saturated heterocycles. The number of rotatable bonds is 6. The number of benzene rings is 1. The van der Waals surface area contributed by atoms with Crippen molar-refractivity contribution in [2.45, 2.75) is 26.3 Å². The summed E-state index contributed by atoms with van der Waals surface area (Å²) in [6, 6.07) is 7.16. The Bertz CT molecular complexity index is 753. The van der Waals surface area contributed by atoms with Gasteiger partial charge in [0.25, 0.3) is 0 Å². The van der Waals surface area contributed by atoms with Crippen molar-refractivity contribution in [1.82, 2.24) is 5.32 Å². The Balaban J connectivity index is 1.50. The van der Waals surface area contributed by atoms with Crippen LogP contribution in [0.15, 0.2) is 29.6 Å². The molecule has 0 bridgehead atoms. The highest BCUT2D eigenvalue weighted by Gasteiger charge is 2.15. The lowest BCUT2D eigenvalue weighted by atomic mass is 10.1. The second-order valence-electron chi connectivity index (χ2n) is 5.59. The van der Waals surface area contributed by atoms with E-state index in [0.29, 0.717) is 36.8 Å². The van der Waals surface area contributed by atoms with Crippen LogP contribution in [0.5, 0.6) is 11.5 Å². The molecule has 1 aromatic carbocycles. The number of fused-ring (bicyclic) bond motifs is 1. The lowest BCUT2D eigenvalue weighted by molar-refractivity contribution is -0.121. The van der Waals surface area contributed by atoms with Crippen LogP contribution in [0.25, 0.3) is 0 Å². The lowest BCUT2D eigenvalue weighted by Crippen LogP contribution is -2.23. The van der Waals surface area contributed by atoms with Crippen LogP contribution >= 0.6 is 11.3 Å². The van der Waals surface area contributed by atoms with E-state index in [4.69, 9.17) is 9.47 Å². The zero-order chi connectivity index (χ0) is 16.9. The molecule has 24 heavy (non-hydrogen) atoms. The van der Waals surface area contributed by atoms with Gasteiger partial charge in [-0.2, -0.15) is 0 Å². The van der Waals surface area contributed by atoms with Gasteiger partial charge in [0.15, 0.2) is 17.3 Å². The fourth-order valence-electron chi connectivity index (χ4n) is 2.44. The topological polar surface area (TPSA) is 64.6 Å². The van der Waals surface area contributed by atoms with Gasteiger partial charge >= 0.3 is 0 Å². The number of ketones is 1. The molecule has 1 aliphatic heterocycles. The van der Waals surface area contributed by atoms with E-state index in [9.17, 15) is 9.59 Å². The maximum atomic E-state index is 12.2. The van der Waals surface area contributed by atoms with Crippen molar-refractivity contribution in [1.29, 1.82) is 0 Å². The van der Waals surface area contributed by atoms with Gasteiger partial charge in [0.05, 0.1) is 6.54 Å². The molecule has 0 aliphatic carbocycles. The third-order valence-corrected chi connectivity index (χ3v) is 4.88. The Morgan fingerprint density at radius 1 is 1.12 bits per heavy atom. The van der Waals surface area contributed by atoms with Gasteiger partial charge in [0.1, 0.15) is 13.2 Å². The lowest BCUT2D eigenvalue weighted by Gasteiger charge is -2.18. The van der Waals surface area contributed by atoms with Crippen molar-refractivity contribution in [2.24, 2.45) is 0 Å². The number of aryl methyl sites for hydroxylation is 1. The Labute approximate surface area is 144 Å². The van der Waals surface area contributed by atoms with E-state index in [0.717, 1.165) is 4.88 Å². The minimum absolute atomic E-state index is 0.0746. The van der Waals surface area contributed by atoms with E-state index in [-0.39, 0.29) is 24.5 Å². The highest BCUT2D eigenvalue weighted by atomic mass is 32.1. The molecule has 1 aromatic heterocycles. The molecule has 3 rings (SSSR count). The van der Waals surface area contributed by atoms with Crippen molar-refractivity contribution in [2.75, 3.05) is 13.2 Å². The summed E-state index contributed by atoms with van der Waals surface area (Å²) in [4.78, 5) is 25.3. The third-order valence-electron chi connectivity index (χ3n) is 3.86. The molecular weight excluding hydrogens is 326 g/mol. The van der Waals surface area contributed by atoms with Crippen LogP contribution in [0.2, 0.25) is 0 Å². The smallest absolute Gasteiger partial charge is 0.220 e. The van der Waals surface area contributed by atoms with Crippen LogP contribution in [-0.4, -0.2) is 24.9 Å². The first-order chi connectivity index (χ1) is 11.6. The van der Waals surface area contributed by atoms with Crippen LogP contribution < -0.4 is 14.8 Å². The molecule has 1 N–H and O–H groups in total. The summed E-state index contributed by atoms with van der Waals surface area (Å²) in [5.74, 6) is 1.05. The molecule has 0 fully saturated rings. The molecule has 0 atom stereocenters. The Morgan fingerprint density at radius 2 is 1.92 bits per heavy atom. The van der Waals surface area contributed by atoms with Crippen molar-refractivity contribution >= 4 is 23.0 Å². The molecule has 1 amide bonds. The SMILES string of the molecule is Cc1ccsc1CNC(=O)CCC(=O)c1ccc2c(c1)OCCO2. The van der Waals surface area contributed by atoms with Crippen LogP contribution in [0.1, 0.15) is 33.6 Å². The van der Waals surface area contributed by atoms with Gasteiger partial charge in [-0.3, -0.25) is 9.59 Å². The first-order valence-corrected chi connectivity index (χ1v) is 8.74. The number of amides is 1. The normalized spacial score (nSPS) is 12.7. The summed E-state index contributed by atoms with van der Waals surface area (Å²) < 4.78 is 10.9. The van der Waals surface area contributed by atoms with Gasteiger partial charge in [-0.1, -0.05) is 0 Å². The first kappa shape index (κ1) is 16.5. The maximum absolute atomic E-state index is 12.2. The minimum atomic E-state index is -0.117. The fourth-order valence-corrected chi connectivity index (χ4v) is 3.29. The molecule has 0 unspecified atom stereocenters. The number of ether oxygens (including phenoxy) is 2. The molecular formula is C18H19NO4S. The van der Waals surface area contributed by atoms with Crippen LogP contribution in [0.4, 0.5) is 0 Å². The molecule has 0 saturated carbocycles. The fraction of sp³-hybridized carbons (Fsp3) is 0.333. The number of carbonyl (C=O) groups excluding carboxylic acids is 2. The molecule has 6 heteroatoms. The van der Waals surface area contributed by atoms with E-state index >= 15 is 0 Å². The Morgan fingerprint density at radius 3 is 2.67 bits per heavy atom. The Hall–Kier alpha value is -2.34. The molecule has 0 spiro atoms. The molecule has 126 valence electrons. The van der Waals surface area contributed by atoms with Crippen molar-refractivity contribution in [3.05, 3.63) is 45.6 Å². The predicted octanol–water partition coefficient (Wildman–Crippen LogP) is 3.11. The van der Waals surface area contributed by atoms with E-state index in [1.165, 1.54) is 5.56 Å². The standard InChI is InChI=1S/C18H19NO4S/c1-12-6-9-24-17(12)11-19-18(21)5-3-14(20)13-2-4-15-16(10-13)23-8-7-22-15/h2,4,6,9-10H,3,5,7-8,11H2,1H3,(H,19,21). The summed E-state index contributed by atoms with van der Waals surface area (Å²) >= 11 is 1.62. The number of hydrogen-bond acceptors (Lipinski definition) is 5. The highest BCUT2D eigenvalue weighted by molar-refractivity contribution is 7.10.